The zero-order valence-corrected chi connectivity index (χ0v) is 53.3. The van der Waals surface area contributed by atoms with Gasteiger partial charge in [-0.05, 0) is 74.3 Å². The second-order valence-electron chi connectivity index (χ2n) is 27.5. The number of aliphatic hydroxyl groups is 1. The van der Waals surface area contributed by atoms with Crippen LogP contribution in [0.3, 0.4) is 0 Å². The monoisotopic (exact) mass is 1280 g/mol. The van der Waals surface area contributed by atoms with Crippen molar-refractivity contribution < 1.29 is 90.8 Å². The van der Waals surface area contributed by atoms with E-state index in [-0.39, 0.29) is 155 Å². The molecule has 0 aliphatic carbocycles. The number of carbonyl (C=O) groups is 7. The quantitative estimate of drug-likeness (QED) is 0.102. The number of benzene rings is 1. The molecule has 12 bridgehead atoms. The molecular formula is C67H97N5O19. The Labute approximate surface area is 533 Å². The number of methoxy groups -OCH3 is 1. The molecule has 4 unspecified atom stereocenters. The number of rotatable bonds is 20. The van der Waals surface area contributed by atoms with Crippen LogP contribution in [0.2, 0.25) is 0 Å². The standard InChI is InChI=1S/C67H97N5O19/c1-6-10-49(75)41-34-82-32-40(33-83-35-41)22-56(76)69-29-57(77)70-31-59(79)72-48(21-39-11-8-7-9-12-39)66(80)71-30-58(78)68-28-43(74)25-54-60(81-5)47-24-42(73)23-45-14-16-51-61(86-45)65-64-63(88-51)62-55(89-64)27-67(90-62,91-65)18-17-46-20-37(3)50(84-46)15-13-44-19-36(2)38(4)52(85-44)26-53(47)87-54/h7-9,11-12,36-37,40-41,43-48,50-55,60-65,74H,4,6,10,13-35H2,1-3,5H3,(H,68,78)(H,69,76)(H,70,77)(H,71,80)(H,72,79)/t36-,37?,40?,41?,43+,44+,45-,46+,47+,48+,50+,51+,52-,53+,54-,55?,60-,61+,62+,63?,64?,65+,67+/m1/s1. The molecule has 1 aromatic carbocycles. The lowest BCUT2D eigenvalue weighted by Gasteiger charge is -2.47. The first kappa shape index (κ1) is 67.6. The molecule has 24 heteroatoms. The summed E-state index contributed by atoms with van der Waals surface area (Å²) in [6, 6.07) is 7.81. The lowest BCUT2D eigenvalue weighted by Crippen LogP contribution is -2.61. The largest absolute Gasteiger partial charge is 0.391 e. The molecule has 11 saturated heterocycles. The number of carbonyl (C=O) groups excluding carboxylic acids is 7. The second kappa shape index (κ2) is 30.7. The molecule has 11 aliphatic rings. The number of fused-ring (bicyclic) bond motifs is 6. The van der Waals surface area contributed by atoms with Crippen molar-refractivity contribution in [3.8, 4) is 0 Å². The highest BCUT2D eigenvalue weighted by Crippen LogP contribution is 2.54. The Morgan fingerprint density at radius 3 is 2.16 bits per heavy atom. The number of hydrogen-bond acceptors (Lipinski definition) is 19. The van der Waals surface area contributed by atoms with Crippen molar-refractivity contribution in [2.75, 3.05) is 59.7 Å². The molecule has 0 radical (unpaired) electrons. The molecule has 5 amide bonds. The Morgan fingerprint density at radius 2 is 1.38 bits per heavy atom. The second-order valence-corrected chi connectivity index (χ2v) is 27.5. The Bertz CT molecular complexity index is 2720. The fourth-order valence-corrected chi connectivity index (χ4v) is 15.8. The first-order valence-corrected chi connectivity index (χ1v) is 33.7. The maximum atomic E-state index is 14.5. The summed E-state index contributed by atoms with van der Waals surface area (Å²) in [5.74, 6) is -4.25. The highest BCUT2D eigenvalue weighted by atomic mass is 16.8. The number of nitrogens with one attached hydrogen (secondary N) is 5. The third kappa shape index (κ3) is 16.8. The predicted molar refractivity (Wildman–Crippen MR) is 324 cm³/mol. The molecule has 91 heavy (non-hydrogen) atoms. The van der Waals surface area contributed by atoms with Crippen molar-refractivity contribution in [1.82, 2.24) is 26.6 Å². The van der Waals surface area contributed by atoms with E-state index in [9.17, 15) is 38.7 Å². The molecule has 12 rings (SSSR count). The lowest BCUT2D eigenvalue weighted by molar-refractivity contribution is -0.292. The van der Waals surface area contributed by atoms with Gasteiger partial charge in [-0.1, -0.05) is 57.7 Å². The van der Waals surface area contributed by atoms with E-state index in [4.69, 9.17) is 52.1 Å². The van der Waals surface area contributed by atoms with E-state index in [1.54, 1.807) is 31.4 Å². The van der Waals surface area contributed by atoms with Crippen LogP contribution >= 0.6 is 0 Å². The van der Waals surface area contributed by atoms with Gasteiger partial charge in [-0.25, -0.2) is 0 Å². The summed E-state index contributed by atoms with van der Waals surface area (Å²) in [7, 11) is 1.58. The van der Waals surface area contributed by atoms with Gasteiger partial charge in [0.25, 0.3) is 0 Å². The molecule has 1 spiro atoms. The molecule has 0 saturated carbocycles. The summed E-state index contributed by atoms with van der Waals surface area (Å²) in [5.41, 5.74) is 1.69. The molecule has 21 atom stereocenters. The Hall–Kier alpha value is -4.83. The number of ether oxygens (including phenoxy) is 11. The average Bonchev–Trinajstić information content (AvgIpc) is 1.57. The fraction of sp³-hybridized carbons (Fsp3) is 0.776. The number of Topliss-reactive ketones (excluding diaryl/α,β-unsaturated/α-hetero) is 2. The Balaban J connectivity index is 0.676. The van der Waals surface area contributed by atoms with Gasteiger partial charge in [-0.2, -0.15) is 0 Å². The number of hydrogen-bond donors (Lipinski definition) is 6. The van der Waals surface area contributed by atoms with Crippen molar-refractivity contribution >= 4 is 41.1 Å². The third-order valence-corrected chi connectivity index (χ3v) is 20.6. The third-order valence-electron chi connectivity index (χ3n) is 20.6. The van der Waals surface area contributed by atoms with Gasteiger partial charge in [-0.3, -0.25) is 33.6 Å². The molecular weight excluding hydrogens is 1180 g/mol. The summed E-state index contributed by atoms with van der Waals surface area (Å²) >= 11 is 0. The van der Waals surface area contributed by atoms with E-state index >= 15 is 0 Å². The topological polar surface area (TPSA) is 301 Å². The number of ketones is 2. The van der Waals surface area contributed by atoms with Crippen LogP contribution in [0.1, 0.15) is 129 Å². The van der Waals surface area contributed by atoms with Crippen LogP contribution in [0.4, 0.5) is 0 Å². The average molecular weight is 1280 g/mol. The fourth-order valence-electron chi connectivity index (χ4n) is 15.8. The van der Waals surface area contributed by atoms with Crippen molar-refractivity contribution in [2.24, 2.45) is 29.6 Å². The van der Waals surface area contributed by atoms with Crippen LogP contribution in [0.15, 0.2) is 42.5 Å². The van der Waals surface area contributed by atoms with Gasteiger partial charge in [0.2, 0.25) is 29.5 Å². The summed E-state index contributed by atoms with van der Waals surface area (Å²) in [6.07, 6.45) is 3.43. The van der Waals surface area contributed by atoms with Gasteiger partial charge in [0, 0.05) is 83.3 Å². The van der Waals surface area contributed by atoms with Gasteiger partial charge in [-0.15, -0.1) is 0 Å². The zero-order chi connectivity index (χ0) is 63.9. The van der Waals surface area contributed by atoms with E-state index in [1.165, 1.54) is 0 Å². The molecule has 11 aliphatic heterocycles. The van der Waals surface area contributed by atoms with Crippen molar-refractivity contribution in [1.29, 1.82) is 0 Å². The van der Waals surface area contributed by atoms with Gasteiger partial charge in [0.1, 0.15) is 48.1 Å². The first-order valence-electron chi connectivity index (χ1n) is 33.7. The Kier molecular flexibility index (Phi) is 22.8. The van der Waals surface area contributed by atoms with Crippen LogP contribution in [-0.4, -0.2) is 215 Å². The first-order chi connectivity index (χ1) is 43.9. The minimum atomic E-state index is -1.15. The van der Waals surface area contributed by atoms with E-state index in [0.29, 0.717) is 44.4 Å². The molecule has 1 aromatic rings. The van der Waals surface area contributed by atoms with E-state index in [1.807, 2.05) is 13.0 Å². The van der Waals surface area contributed by atoms with Gasteiger partial charge in [0.05, 0.1) is 119 Å². The molecule has 11 fully saturated rings. The van der Waals surface area contributed by atoms with Crippen molar-refractivity contribution in [2.45, 2.75) is 239 Å². The summed E-state index contributed by atoms with van der Waals surface area (Å²) < 4.78 is 72.5. The van der Waals surface area contributed by atoms with Crippen LogP contribution in [0.25, 0.3) is 0 Å². The molecule has 504 valence electrons. The summed E-state index contributed by atoms with van der Waals surface area (Å²) in [6.45, 7) is 10.2. The molecule has 6 N–H and O–H groups in total. The van der Waals surface area contributed by atoms with Crippen LogP contribution in [0, 0.1) is 29.6 Å². The van der Waals surface area contributed by atoms with Crippen LogP contribution in [-0.2, 0) is 92.1 Å². The Morgan fingerprint density at radius 1 is 0.692 bits per heavy atom. The van der Waals surface area contributed by atoms with Crippen molar-refractivity contribution in [3.05, 3.63) is 48.0 Å². The van der Waals surface area contributed by atoms with E-state index in [0.717, 1.165) is 49.7 Å². The lowest BCUT2D eigenvalue weighted by atomic mass is 9.81. The van der Waals surface area contributed by atoms with Crippen LogP contribution in [0.5, 0.6) is 0 Å². The van der Waals surface area contributed by atoms with Crippen molar-refractivity contribution in [3.63, 3.8) is 0 Å². The minimum Gasteiger partial charge on any atom is -0.391 e. The molecule has 11 heterocycles. The zero-order valence-electron chi connectivity index (χ0n) is 53.3. The van der Waals surface area contributed by atoms with E-state index < -0.39 is 104 Å². The maximum absolute atomic E-state index is 14.5. The van der Waals surface area contributed by atoms with Gasteiger partial charge < -0.3 is 83.8 Å². The minimum absolute atomic E-state index is 0.00592. The molecule has 0 aromatic heterocycles. The smallest absolute Gasteiger partial charge is 0.243 e. The van der Waals surface area contributed by atoms with Gasteiger partial charge in [0.15, 0.2) is 5.79 Å². The predicted octanol–water partition coefficient (Wildman–Crippen LogP) is 2.79. The highest BCUT2D eigenvalue weighted by Gasteiger charge is 2.69. The normalized spacial score (nSPS) is 38.6. The highest BCUT2D eigenvalue weighted by molar-refractivity contribution is 5.93. The number of amides is 5. The van der Waals surface area contributed by atoms with Gasteiger partial charge >= 0.3 is 0 Å². The SMILES string of the molecule is C=C1[C@H](C)C[C@@H]2CC[C@@H]3O[C@@H](CC[C@@]45CC6OC7C(O[C@H]8CC[C@H](CC(=O)C[C@@H]9[C@@H](OC)[C@@H](C[C@H](O)CNC(=O)CNC(=O)[C@H](Cc%10ccccc%10)NC(=O)CNC(=O)CNC(=O)CC%10COCC(C(=O)CCC)COC%10)O[C@H]9C[C@H]1O2)O[C@@H]8[C@@H]7O4)[C@H]6O5)CC3C. The maximum Gasteiger partial charge on any atom is 0.243 e. The number of aliphatic hydroxyl groups excluding tert-OH is 1. The van der Waals surface area contributed by atoms with E-state index in [2.05, 4.69) is 47.0 Å². The summed E-state index contributed by atoms with van der Waals surface area (Å²) in [4.78, 5) is 92.6. The summed E-state index contributed by atoms with van der Waals surface area (Å²) in [5, 5.41) is 24.5. The van der Waals surface area contributed by atoms with Crippen LogP contribution < -0.4 is 26.6 Å². The molecule has 24 nitrogen and oxygen atoms in total.